The quantitative estimate of drug-likeness (QED) is 0.789. The highest BCUT2D eigenvalue weighted by Crippen LogP contribution is 2.22. The molecule has 8 heteroatoms. The number of anilines is 1. The van der Waals surface area contributed by atoms with Crippen LogP contribution in [-0.4, -0.2) is 20.9 Å². The maximum atomic E-state index is 12.2. The maximum Gasteiger partial charge on any atom is 0.257 e. The molecule has 0 saturated carbocycles. The van der Waals surface area contributed by atoms with Gasteiger partial charge in [0.1, 0.15) is 0 Å². The van der Waals surface area contributed by atoms with Gasteiger partial charge < -0.3 is 5.32 Å². The van der Waals surface area contributed by atoms with Crippen LogP contribution in [0.5, 0.6) is 0 Å². The predicted molar refractivity (Wildman–Crippen MR) is 96.3 cm³/mol. The summed E-state index contributed by atoms with van der Waals surface area (Å²) in [4.78, 5) is 12.4. The highest BCUT2D eigenvalue weighted by atomic mass is 35.5. The predicted octanol–water partition coefficient (Wildman–Crippen LogP) is 3.93. The number of halogens is 2. The molecule has 0 atom stereocenters. The molecule has 2 aromatic carbocycles. The average Bonchev–Trinajstić information content (AvgIpc) is 2.55. The van der Waals surface area contributed by atoms with Gasteiger partial charge in [-0.15, -0.1) is 0 Å². The van der Waals surface area contributed by atoms with Crippen LogP contribution in [0, 0.1) is 0 Å². The zero-order valence-electron chi connectivity index (χ0n) is 12.8. The van der Waals surface area contributed by atoms with Gasteiger partial charge >= 0.3 is 0 Å². The number of nitrogens with one attached hydrogen (secondary N) is 2. The van der Waals surface area contributed by atoms with Gasteiger partial charge in [-0.3, -0.25) is 4.79 Å². The van der Waals surface area contributed by atoms with E-state index in [-0.39, 0.29) is 15.5 Å². The summed E-state index contributed by atoms with van der Waals surface area (Å²) in [5, 5.41) is 3.32. The molecule has 0 heterocycles. The van der Waals surface area contributed by atoms with Gasteiger partial charge in [-0.25, -0.2) is 13.1 Å². The van der Waals surface area contributed by atoms with E-state index in [0.717, 1.165) is 0 Å². The number of hydrogen-bond acceptors (Lipinski definition) is 3. The maximum absolute atomic E-state index is 12.2. The Bertz CT molecular complexity index is 837. The number of rotatable bonds is 6. The van der Waals surface area contributed by atoms with Crippen LogP contribution in [0.25, 0.3) is 0 Å². The summed E-state index contributed by atoms with van der Waals surface area (Å²) in [6.07, 6.45) is 0.702. The second-order valence-corrected chi connectivity index (χ2v) is 7.61. The van der Waals surface area contributed by atoms with Gasteiger partial charge in [0, 0.05) is 17.3 Å². The summed E-state index contributed by atoms with van der Waals surface area (Å²) in [5.74, 6) is -0.429. The van der Waals surface area contributed by atoms with Crippen LogP contribution in [0.3, 0.4) is 0 Å². The van der Waals surface area contributed by atoms with Gasteiger partial charge in [-0.2, -0.15) is 0 Å². The molecule has 0 radical (unpaired) electrons. The Morgan fingerprint density at radius 2 is 1.75 bits per heavy atom. The molecule has 0 unspecified atom stereocenters. The van der Waals surface area contributed by atoms with Crippen molar-refractivity contribution in [2.24, 2.45) is 0 Å². The monoisotopic (exact) mass is 386 g/mol. The molecule has 128 valence electrons. The van der Waals surface area contributed by atoms with Gasteiger partial charge in [0.15, 0.2) is 0 Å². The topological polar surface area (TPSA) is 75.3 Å². The smallest absolute Gasteiger partial charge is 0.257 e. The summed E-state index contributed by atoms with van der Waals surface area (Å²) >= 11 is 11.8. The lowest BCUT2D eigenvalue weighted by Gasteiger charge is -2.09. The molecule has 0 aromatic heterocycles. The zero-order valence-corrected chi connectivity index (χ0v) is 15.2. The molecule has 0 bridgehead atoms. The van der Waals surface area contributed by atoms with Crippen molar-refractivity contribution in [1.29, 1.82) is 0 Å². The van der Waals surface area contributed by atoms with E-state index in [1.54, 1.807) is 6.07 Å². The third kappa shape index (κ3) is 4.70. The summed E-state index contributed by atoms with van der Waals surface area (Å²) in [7, 11) is -3.53. The molecule has 0 aliphatic carbocycles. The standard InChI is InChI=1S/C16H16Cl2N2O3S/c1-2-9-19-24(22,23)13-6-4-12(5-7-13)20-16(21)14-10-11(17)3-8-15(14)18/h3-8,10,19H,2,9H2,1H3,(H,20,21). The van der Waals surface area contributed by atoms with E-state index in [1.807, 2.05) is 6.92 Å². The van der Waals surface area contributed by atoms with E-state index < -0.39 is 15.9 Å². The summed E-state index contributed by atoms with van der Waals surface area (Å²) in [6, 6.07) is 10.5. The molecule has 2 N–H and O–H groups in total. The molecule has 0 spiro atoms. The molecule has 0 aliphatic rings. The van der Waals surface area contributed by atoms with Crippen molar-refractivity contribution in [1.82, 2.24) is 4.72 Å². The fourth-order valence-corrected chi connectivity index (χ4v) is 3.42. The van der Waals surface area contributed by atoms with Crippen molar-refractivity contribution in [2.45, 2.75) is 18.2 Å². The van der Waals surface area contributed by atoms with Crippen molar-refractivity contribution in [3.8, 4) is 0 Å². The minimum Gasteiger partial charge on any atom is -0.322 e. The normalized spacial score (nSPS) is 11.3. The van der Waals surface area contributed by atoms with E-state index >= 15 is 0 Å². The van der Waals surface area contributed by atoms with Crippen molar-refractivity contribution >= 4 is 44.8 Å². The molecule has 24 heavy (non-hydrogen) atoms. The van der Waals surface area contributed by atoms with Crippen LogP contribution in [-0.2, 0) is 10.0 Å². The number of sulfonamides is 1. The van der Waals surface area contributed by atoms with Crippen LogP contribution in [0.15, 0.2) is 47.4 Å². The fourth-order valence-electron chi connectivity index (χ4n) is 1.91. The first-order valence-corrected chi connectivity index (χ1v) is 9.43. The molecular formula is C16H16Cl2N2O3S. The van der Waals surface area contributed by atoms with Gasteiger partial charge in [0.2, 0.25) is 10.0 Å². The van der Waals surface area contributed by atoms with Crippen molar-refractivity contribution in [3.63, 3.8) is 0 Å². The van der Waals surface area contributed by atoms with E-state index in [0.29, 0.717) is 23.7 Å². The van der Waals surface area contributed by atoms with Gasteiger partial charge in [-0.1, -0.05) is 30.1 Å². The Balaban J connectivity index is 2.14. The lowest BCUT2D eigenvalue weighted by molar-refractivity contribution is 0.102. The van der Waals surface area contributed by atoms with Crippen LogP contribution in [0.4, 0.5) is 5.69 Å². The second-order valence-electron chi connectivity index (χ2n) is 5.00. The summed E-state index contributed by atoms with van der Waals surface area (Å²) in [5.41, 5.74) is 0.691. The molecule has 0 fully saturated rings. The molecule has 0 saturated heterocycles. The largest absolute Gasteiger partial charge is 0.322 e. The summed E-state index contributed by atoms with van der Waals surface area (Å²) in [6.45, 7) is 2.25. The molecule has 2 aromatic rings. The van der Waals surface area contributed by atoms with E-state index in [9.17, 15) is 13.2 Å². The lowest BCUT2D eigenvalue weighted by atomic mass is 10.2. The zero-order chi connectivity index (χ0) is 17.7. The first-order chi connectivity index (χ1) is 11.3. The van der Waals surface area contributed by atoms with Crippen molar-refractivity contribution in [2.75, 3.05) is 11.9 Å². The van der Waals surface area contributed by atoms with Gasteiger partial charge in [-0.05, 0) is 48.9 Å². The Hall–Kier alpha value is -1.60. The SMILES string of the molecule is CCCNS(=O)(=O)c1ccc(NC(=O)c2cc(Cl)ccc2Cl)cc1. The number of amides is 1. The minimum absolute atomic E-state index is 0.134. The number of benzene rings is 2. The third-order valence-electron chi connectivity index (χ3n) is 3.14. The van der Waals surface area contributed by atoms with Crippen molar-refractivity contribution < 1.29 is 13.2 Å². The second kappa shape index (κ2) is 7.98. The molecular weight excluding hydrogens is 371 g/mol. The highest BCUT2D eigenvalue weighted by molar-refractivity contribution is 7.89. The number of carbonyl (C=O) groups is 1. The van der Waals surface area contributed by atoms with E-state index in [4.69, 9.17) is 23.2 Å². The molecule has 1 amide bonds. The Labute approximate surface area is 151 Å². The van der Waals surface area contributed by atoms with Crippen molar-refractivity contribution in [3.05, 3.63) is 58.1 Å². The number of carbonyl (C=O) groups excluding carboxylic acids is 1. The van der Waals surface area contributed by atoms with Gasteiger partial charge in [0.05, 0.1) is 15.5 Å². The molecule has 2 rings (SSSR count). The third-order valence-corrected chi connectivity index (χ3v) is 5.18. The molecule has 0 aliphatic heterocycles. The van der Waals surface area contributed by atoms with Crippen LogP contribution >= 0.6 is 23.2 Å². The molecule has 5 nitrogen and oxygen atoms in total. The Morgan fingerprint density at radius 3 is 2.38 bits per heavy atom. The highest BCUT2D eigenvalue weighted by Gasteiger charge is 2.14. The van der Waals surface area contributed by atoms with Crippen LogP contribution in [0.1, 0.15) is 23.7 Å². The Morgan fingerprint density at radius 1 is 1.08 bits per heavy atom. The number of hydrogen-bond donors (Lipinski definition) is 2. The van der Waals surface area contributed by atoms with Gasteiger partial charge in [0.25, 0.3) is 5.91 Å². The average molecular weight is 387 g/mol. The van der Waals surface area contributed by atoms with Crippen LogP contribution in [0.2, 0.25) is 10.0 Å². The first-order valence-electron chi connectivity index (χ1n) is 7.19. The lowest BCUT2D eigenvalue weighted by Crippen LogP contribution is -2.24. The Kier molecular flexibility index (Phi) is 6.23. The summed E-state index contributed by atoms with van der Waals surface area (Å²) < 4.78 is 26.5. The van der Waals surface area contributed by atoms with E-state index in [1.165, 1.54) is 36.4 Å². The van der Waals surface area contributed by atoms with Crippen LogP contribution < -0.4 is 10.0 Å². The minimum atomic E-state index is -3.53. The first kappa shape index (κ1) is 18.7. The van der Waals surface area contributed by atoms with E-state index in [2.05, 4.69) is 10.0 Å². The fraction of sp³-hybridized carbons (Fsp3) is 0.188.